The van der Waals surface area contributed by atoms with Crippen molar-refractivity contribution in [2.75, 3.05) is 18.4 Å². The van der Waals surface area contributed by atoms with Crippen LogP contribution in [0.25, 0.3) is 6.08 Å². The second-order valence-corrected chi connectivity index (χ2v) is 8.36. The van der Waals surface area contributed by atoms with Crippen molar-refractivity contribution < 1.29 is 14.5 Å². The highest BCUT2D eigenvalue weighted by atomic mass is 16.6. The van der Waals surface area contributed by atoms with Gasteiger partial charge >= 0.3 is 0 Å². The van der Waals surface area contributed by atoms with Crippen LogP contribution in [0.5, 0.6) is 0 Å². The Balaban J connectivity index is 1.69. The van der Waals surface area contributed by atoms with Crippen molar-refractivity contribution in [2.45, 2.75) is 27.2 Å². The summed E-state index contributed by atoms with van der Waals surface area (Å²) in [7, 11) is 0. The Labute approximate surface area is 181 Å². The molecule has 2 atom stereocenters. The van der Waals surface area contributed by atoms with Crippen LogP contribution >= 0.6 is 0 Å². The molecular formula is C24H27N3O4. The lowest BCUT2D eigenvalue weighted by molar-refractivity contribution is -0.384. The number of benzene rings is 2. The molecule has 162 valence electrons. The molecule has 1 fully saturated rings. The van der Waals surface area contributed by atoms with Gasteiger partial charge < -0.3 is 10.2 Å². The van der Waals surface area contributed by atoms with Gasteiger partial charge in [0.1, 0.15) is 0 Å². The standard InChI is InChI=1S/C24H27N3O4/c1-16-12-17(2)15-26(14-16)24(29)20-8-4-18(3)22(13-20)25-23(28)11-7-19-5-9-21(10-6-19)27(30)31/h4-11,13,16-17H,12,14-15H2,1-3H3,(H,25,28)/b11-7+. The van der Waals surface area contributed by atoms with Gasteiger partial charge in [-0.25, -0.2) is 0 Å². The molecule has 1 N–H and O–H groups in total. The Morgan fingerprint density at radius 3 is 2.35 bits per heavy atom. The van der Waals surface area contributed by atoms with Crippen LogP contribution in [0.1, 0.15) is 41.8 Å². The molecule has 1 saturated heterocycles. The number of hydrogen-bond acceptors (Lipinski definition) is 4. The number of rotatable bonds is 5. The summed E-state index contributed by atoms with van der Waals surface area (Å²) in [5.74, 6) is 0.588. The molecule has 0 radical (unpaired) electrons. The molecule has 0 aromatic heterocycles. The van der Waals surface area contributed by atoms with Gasteiger partial charge in [0, 0.05) is 42.5 Å². The first kappa shape index (κ1) is 22.2. The first-order valence-corrected chi connectivity index (χ1v) is 10.4. The van der Waals surface area contributed by atoms with E-state index in [-0.39, 0.29) is 17.5 Å². The monoisotopic (exact) mass is 421 g/mol. The van der Waals surface area contributed by atoms with E-state index < -0.39 is 4.92 Å². The number of piperidine rings is 1. The van der Waals surface area contributed by atoms with Crippen LogP contribution < -0.4 is 5.32 Å². The second kappa shape index (κ2) is 9.55. The van der Waals surface area contributed by atoms with E-state index in [9.17, 15) is 19.7 Å². The summed E-state index contributed by atoms with van der Waals surface area (Å²) >= 11 is 0. The first-order valence-electron chi connectivity index (χ1n) is 10.4. The smallest absolute Gasteiger partial charge is 0.269 e. The summed E-state index contributed by atoms with van der Waals surface area (Å²) in [4.78, 5) is 37.5. The molecule has 7 nitrogen and oxygen atoms in total. The lowest BCUT2D eigenvalue weighted by atomic mass is 9.91. The number of likely N-dealkylation sites (tertiary alicyclic amines) is 1. The van der Waals surface area contributed by atoms with Crippen LogP contribution in [-0.2, 0) is 4.79 Å². The fourth-order valence-corrected chi connectivity index (χ4v) is 3.95. The largest absolute Gasteiger partial charge is 0.338 e. The highest BCUT2D eigenvalue weighted by molar-refractivity contribution is 6.03. The summed E-state index contributed by atoms with van der Waals surface area (Å²) in [6.45, 7) is 7.68. The summed E-state index contributed by atoms with van der Waals surface area (Å²) in [5, 5.41) is 13.5. The van der Waals surface area contributed by atoms with Gasteiger partial charge in [-0.2, -0.15) is 0 Å². The fourth-order valence-electron chi connectivity index (χ4n) is 3.95. The second-order valence-electron chi connectivity index (χ2n) is 8.36. The van der Waals surface area contributed by atoms with Crippen LogP contribution in [-0.4, -0.2) is 34.7 Å². The van der Waals surface area contributed by atoms with Crippen LogP contribution in [0.15, 0.2) is 48.5 Å². The maximum atomic E-state index is 13.0. The van der Waals surface area contributed by atoms with Crippen molar-refractivity contribution in [3.05, 3.63) is 75.3 Å². The Morgan fingerprint density at radius 1 is 1.10 bits per heavy atom. The third kappa shape index (κ3) is 5.78. The van der Waals surface area contributed by atoms with Crippen LogP contribution in [0.4, 0.5) is 11.4 Å². The van der Waals surface area contributed by atoms with E-state index >= 15 is 0 Å². The molecule has 7 heteroatoms. The predicted octanol–water partition coefficient (Wildman–Crippen LogP) is 4.67. The SMILES string of the molecule is Cc1ccc(C(=O)N2CC(C)CC(C)C2)cc1NC(=O)/C=C/c1ccc([N+](=O)[O-])cc1. The maximum Gasteiger partial charge on any atom is 0.269 e. The average Bonchev–Trinajstić information content (AvgIpc) is 2.73. The molecule has 2 unspecified atom stereocenters. The average molecular weight is 421 g/mol. The lowest BCUT2D eigenvalue weighted by Gasteiger charge is -2.35. The number of nitro groups is 1. The zero-order valence-electron chi connectivity index (χ0n) is 18.0. The fraction of sp³-hybridized carbons (Fsp3) is 0.333. The maximum absolute atomic E-state index is 13.0. The number of non-ortho nitro benzene ring substituents is 1. The van der Waals surface area contributed by atoms with E-state index in [2.05, 4.69) is 19.2 Å². The van der Waals surface area contributed by atoms with E-state index in [4.69, 9.17) is 0 Å². The highest BCUT2D eigenvalue weighted by Crippen LogP contribution is 2.24. The number of carbonyl (C=O) groups is 2. The molecule has 3 rings (SSSR count). The Kier molecular flexibility index (Phi) is 6.84. The molecule has 31 heavy (non-hydrogen) atoms. The van der Waals surface area contributed by atoms with Crippen LogP contribution in [0.2, 0.25) is 0 Å². The molecule has 2 aromatic carbocycles. The van der Waals surface area contributed by atoms with Gasteiger partial charge in [-0.05, 0) is 66.6 Å². The third-order valence-electron chi connectivity index (χ3n) is 5.43. The predicted molar refractivity (Wildman–Crippen MR) is 121 cm³/mol. The lowest BCUT2D eigenvalue weighted by Crippen LogP contribution is -2.42. The molecule has 1 aliphatic heterocycles. The van der Waals surface area contributed by atoms with Gasteiger partial charge in [0.2, 0.25) is 5.91 Å². The zero-order chi connectivity index (χ0) is 22.5. The minimum absolute atomic E-state index is 0.00352. The van der Waals surface area contributed by atoms with Crippen molar-refractivity contribution in [3.8, 4) is 0 Å². The van der Waals surface area contributed by atoms with E-state index in [1.165, 1.54) is 18.2 Å². The molecule has 0 saturated carbocycles. The molecule has 2 amide bonds. The van der Waals surface area contributed by atoms with Crippen LogP contribution in [0.3, 0.4) is 0 Å². The number of nitrogens with one attached hydrogen (secondary N) is 1. The molecular weight excluding hydrogens is 394 g/mol. The number of hydrogen-bond donors (Lipinski definition) is 1. The number of anilines is 1. The van der Waals surface area contributed by atoms with E-state index in [0.717, 1.165) is 25.1 Å². The number of nitrogens with zero attached hydrogens (tertiary/aromatic N) is 2. The van der Waals surface area contributed by atoms with Crippen molar-refractivity contribution in [1.82, 2.24) is 4.90 Å². The van der Waals surface area contributed by atoms with E-state index in [1.54, 1.807) is 30.3 Å². The highest BCUT2D eigenvalue weighted by Gasteiger charge is 2.26. The minimum Gasteiger partial charge on any atom is -0.338 e. The summed E-state index contributed by atoms with van der Waals surface area (Å²) in [6, 6.07) is 11.3. The number of nitro benzene ring substituents is 1. The van der Waals surface area contributed by atoms with Gasteiger partial charge in [-0.15, -0.1) is 0 Å². The Bertz CT molecular complexity index is 1000. The van der Waals surface area contributed by atoms with E-state index in [1.807, 2.05) is 17.9 Å². The van der Waals surface area contributed by atoms with Gasteiger partial charge in [-0.1, -0.05) is 19.9 Å². The molecule has 1 aliphatic rings. The summed E-state index contributed by atoms with van der Waals surface area (Å²) in [6.07, 6.45) is 4.07. The zero-order valence-corrected chi connectivity index (χ0v) is 18.0. The first-order chi connectivity index (χ1) is 14.7. The molecule has 1 heterocycles. The molecule has 0 aliphatic carbocycles. The third-order valence-corrected chi connectivity index (χ3v) is 5.43. The summed E-state index contributed by atoms with van der Waals surface area (Å²) < 4.78 is 0. The Morgan fingerprint density at radius 2 is 1.74 bits per heavy atom. The van der Waals surface area contributed by atoms with Gasteiger partial charge in [-0.3, -0.25) is 19.7 Å². The topological polar surface area (TPSA) is 92.6 Å². The van der Waals surface area contributed by atoms with E-state index in [0.29, 0.717) is 28.7 Å². The van der Waals surface area contributed by atoms with Crippen molar-refractivity contribution in [1.29, 1.82) is 0 Å². The van der Waals surface area contributed by atoms with Crippen molar-refractivity contribution >= 4 is 29.3 Å². The number of aryl methyl sites for hydroxylation is 1. The van der Waals surface area contributed by atoms with Gasteiger partial charge in [0.05, 0.1) is 4.92 Å². The number of amides is 2. The summed E-state index contributed by atoms with van der Waals surface area (Å²) in [5.41, 5.74) is 2.67. The van der Waals surface area contributed by atoms with Gasteiger partial charge in [0.15, 0.2) is 0 Å². The minimum atomic E-state index is -0.470. The molecule has 0 bridgehead atoms. The quantitative estimate of drug-likeness (QED) is 0.431. The van der Waals surface area contributed by atoms with Crippen molar-refractivity contribution in [3.63, 3.8) is 0 Å². The van der Waals surface area contributed by atoms with Crippen LogP contribution in [0, 0.1) is 28.9 Å². The number of carbonyl (C=O) groups excluding carboxylic acids is 2. The normalized spacial score (nSPS) is 18.7. The molecule has 0 spiro atoms. The Hall–Kier alpha value is -3.48. The van der Waals surface area contributed by atoms with Gasteiger partial charge in [0.25, 0.3) is 11.6 Å². The van der Waals surface area contributed by atoms with Crippen molar-refractivity contribution in [2.24, 2.45) is 11.8 Å². The molecule has 2 aromatic rings.